The van der Waals surface area contributed by atoms with Crippen molar-refractivity contribution in [2.75, 3.05) is 6.54 Å². The SMILES string of the molecule is C[C@@H]1c2ccsc2CCN1C(=O)CCCn1c(=O)oc2cc([N+](=O)[O-])ccc21. The van der Waals surface area contributed by atoms with Crippen LogP contribution < -0.4 is 5.76 Å². The number of hydrogen-bond acceptors (Lipinski definition) is 6. The summed E-state index contributed by atoms with van der Waals surface area (Å²) in [6, 6.07) is 6.24. The van der Waals surface area contributed by atoms with Gasteiger partial charge >= 0.3 is 5.76 Å². The van der Waals surface area contributed by atoms with Crippen LogP contribution in [-0.2, 0) is 17.8 Å². The van der Waals surface area contributed by atoms with Gasteiger partial charge < -0.3 is 9.32 Å². The minimum atomic E-state index is -0.572. The third kappa shape index (κ3) is 3.22. The molecule has 0 saturated carbocycles. The van der Waals surface area contributed by atoms with Crippen LogP contribution in [0, 0.1) is 10.1 Å². The van der Waals surface area contributed by atoms with Gasteiger partial charge in [-0.3, -0.25) is 19.5 Å². The van der Waals surface area contributed by atoms with E-state index >= 15 is 0 Å². The molecule has 3 heterocycles. The summed E-state index contributed by atoms with van der Waals surface area (Å²) in [6.07, 6.45) is 1.70. The number of rotatable bonds is 5. The van der Waals surface area contributed by atoms with E-state index in [1.54, 1.807) is 11.3 Å². The van der Waals surface area contributed by atoms with Crippen LogP contribution in [0.25, 0.3) is 11.1 Å². The zero-order valence-corrected chi connectivity index (χ0v) is 16.1. The zero-order valence-electron chi connectivity index (χ0n) is 15.3. The number of nitro groups is 1. The summed E-state index contributed by atoms with van der Waals surface area (Å²) in [5.74, 6) is -0.502. The van der Waals surface area contributed by atoms with Crippen molar-refractivity contribution < 1.29 is 14.1 Å². The third-order valence-electron chi connectivity index (χ3n) is 5.23. The third-order valence-corrected chi connectivity index (χ3v) is 6.23. The number of aryl methyl sites for hydroxylation is 1. The monoisotopic (exact) mass is 401 g/mol. The van der Waals surface area contributed by atoms with Gasteiger partial charge in [0.1, 0.15) is 0 Å². The van der Waals surface area contributed by atoms with Crippen LogP contribution >= 0.6 is 11.3 Å². The second kappa shape index (κ2) is 7.23. The number of oxazole rings is 1. The molecule has 0 spiro atoms. The van der Waals surface area contributed by atoms with Crippen LogP contribution in [0.5, 0.6) is 0 Å². The Morgan fingerprint density at radius 2 is 2.21 bits per heavy atom. The maximum absolute atomic E-state index is 12.7. The second-order valence-electron chi connectivity index (χ2n) is 6.84. The van der Waals surface area contributed by atoms with Crippen molar-refractivity contribution in [2.45, 2.75) is 38.8 Å². The highest BCUT2D eigenvalue weighted by atomic mass is 32.1. The maximum Gasteiger partial charge on any atom is 0.419 e. The molecule has 0 unspecified atom stereocenters. The van der Waals surface area contributed by atoms with Crippen molar-refractivity contribution in [3.8, 4) is 0 Å². The van der Waals surface area contributed by atoms with Gasteiger partial charge in [-0.25, -0.2) is 4.79 Å². The molecule has 0 radical (unpaired) electrons. The highest BCUT2D eigenvalue weighted by molar-refractivity contribution is 7.10. The van der Waals surface area contributed by atoms with Gasteiger partial charge in [0, 0.05) is 30.5 Å². The summed E-state index contributed by atoms with van der Waals surface area (Å²) in [7, 11) is 0. The Labute approximate surface area is 164 Å². The molecule has 28 heavy (non-hydrogen) atoms. The Bertz CT molecular complexity index is 1110. The summed E-state index contributed by atoms with van der Waals surface area (Å²) in [4.78, 5) is 38.3. The lowest BCUT2D eigenvalue weighted by atomic mass is 10.0. The van der Waals surface area contributed by atoms with Crippen molar-refractivity contribution in [3.05, 3.63) is 60.8 Å². The summed E-state index contributed by atoms with van der Waals surface area (Å²) >= 11 is 1.74. The van der Waals surface area contributed by atoms with Crippen LogP contribution in [0.15, 0.2) is 38.9 Å². The largest absolute Gasteiger partial charge is 0.419 e. The number of carbonyl (C=O) groups is 1. The van der Waals surface area contributed by atoms with E-state index in [-0.39, 0.29) is 23.2 Å². The first-order valence-corrected chi connectivity index (χ1v) is 9.97. The molecular formula is C19H19N3O5S. The minimum absolute atomic E-state index is 0.0699. The highest BCUT2D eigenvalue weighted by Gasteiger charge is 2.27. The Morgan fingerprint density at radius 1 is 1.39 bits per heavy atom. The fourth-order valence-corrected chi connectivity index (χ4v) is 4.73. The molecule has 1 amide bonds. The van der Waals surface area contributed by atoms with Gasteiger partial charge in [0.2, 0.25) is 5.91 Å². The van der Waals surface area contributed by atoms with Crippen LogP contribution in [0.2, 0.25) is 0 Å². The first kappa shape index (κ1) is 18.4. The van der Waals surface area contributed by atoms with Crippen LogP contribution in [-0.4, -0.2) is 26.8 Å². The van der Waals surface area contributed by atoms with E-state index < -0.39 is 10.7 Å². The van der Waals surface area contributed by atoms with Crippen molar-refractivity contribution in [3.63, 3.8) is 0 Å². The number of hydrogen-bond donors (Lipinski definition) is 0. The molecule has 1 aliphatic rings. The smallest absolute Gasteiger partial charge is 0.407 e. The molecule has 0 fully saturated rings. The molecule has 9 heteroatoms. The Kier molecular flexibility index (Phi) is 4.76. The van der Waals surface area contributed by atoms with E-state index in [1.807, 2.05) is 11.8 Å². The Balaban J connectivity index is 1.43. The predicted octanol–water partition coefficient (Wildman–Crippen LogP) is 3.49. The molecule has 3 aromatic rings. The molecule has 0 N–H and O–H groups in total. The molecule has 0 aliphatic carbocycles. The lowest BCUT2D eigenvalue weighted by molar-refractivity contribution is -0.384. The molecule has 2 aromatic heterocycles. The quantitative estimate of drug-likeness (QED) is 0.481. The van der Waals surface area contributed by atoms with Gasteiger partial charge in [-0.2, -0.15) is 0 Å². The first-order valence-electron chi connectivity index (χ1n) is 9.09. The molecule has 1 atom stereocenters. The normalized spacial score (nSPS) is 16.3. The first-order chi connectivity index (χ1) is 13.5. The number of carbonyl (C=O) groups excluding carboxylic acids is 1. The molecule has 4 rings (SSSR count). The highest BCUT2D eigenvalue weighted by Crippen LogP contribution is 2.33. The van der Waals surface area contributed by atoms with Gasteiger partial charge in [0.25, 0.3) is 5.69 Å². The average Bonchev–Trinajstić information content (AvgIpc) is 3.26. The number of aromatic nitrogens is 1. The number of fused-ring (bicyclic) bond motifs is 2. The van der Waals surface area contributed by atoms with Gasteiger partial charge in [0.05, 0.1) is 22.5 Å². The zero-order chi connectivity index (χ0) is 19.8. The lowest BCUT2D eigenvalue weighted by Gasteiger charge is -2.33. The van der Waals surface area contributed by atoms with Crippen molar-refractivity contribution in [2.24, 2.45) is 0 Å². The van der Waals surface area contributed by atoms with Gasteiger partial charge in [-0.1, -0.05) is 0 Å². The van der Waals surface area contributed by atoms with E-state index in [4.69, 9.17) is 4.42 Å². The average molecular weight is 401 g/mol. The summed E-state index contributed by atoms with van der Waals surface area (Å²) < 4.78 is 6.54. The number of nitro benzene ring substituents is 1. The summed E-state index contributed by atoms with van der Waals surface area (Å²) in [6.45, 7) is 3.08. The predicted molar refractivity (Wildman–Crippen MR) is 105 cm³/mol. The van der Waals surface area contributed by atoms with E-state index in [1.165, 1.54) is 33.2 Å². The second-order valence-corrected chi connectivity index (χ2v) is 7.85. The Morgan fingerprint density at radius 3 is 3.00 bits per heavy atom. The van der Waals surface area contributed by atoms with Gasteiger partial charge in [0.15, 0.2) is 5.58 Å². The molecular weight excluding hydrogens is 382 g/mol. The number of thiophene rings is 1. The van der Waals surface area contributed by atoms with Crippen molar-refractivity contribution in [1.82, 2.24) is 9.47 Å². The van der Waals surface area contributed by atoms with Gasteiger partial charge in [-0.05, 0) is 42.8 Å². The van der Waals surface area contributed by atoms with E-state index in [0.717, 1.165) is 6.42 Å². The lowest BCUT2D eigenvalue weighted by Crippen LogP contribution is -2.38. The Hall–Kier alpha value is -2.94. The van der Waals surface area contributed by atoms with Crippen LogP contribution in [0.1, 0.15) is 36.2 Å². The number of amides is 1. The van der Waals surface area contributed by atoms with E-state index in [9.17, 15) is 19.7 Å². The van der Waals surface area contributed by atoms with Crippen molar-refractivity contribution in [1.29, 1.82) is 0 Å². The minimum Gasteiger partial charge on any atom is -0.407 e. The fraction of sp³-hybridized carbons (Fsp3) is 0.368. The summed E-state index contributed by atoms with van der Waals surface area (Å²) in [5, 5.41) is 12.9. The van der Waals surface area contributed by atoms with Crippen LogP contribution in [0.4, 0.5) is 5.69 Å². The van der Waals surface area contributed by atoms with E-state index in [2.05, 4.69) is 11.4 Å². The van der Waals surface area contributed by atoms with Gasteiger partial charge in [-0.15, -0.1) is 11.3 Å². The summed E-state index contributed by atoms with van der Waals surface area (Å²) in [5.41, 5.74) is 1.77. The number of non-ortho nitro benzene ring substituents is 1. The fourth-order valence-electron chi connectivity index (χ4n) is 3.76. The topological polar surface area (TPSA) is 98.6 Å². The molecule has 8 nitrogen and oxygen atoms in total. The maximum atomic E-state index is 12.7. The number of benzene rings is 1. The molecule has 146 valence electrons. The van der Waals surface area contributed by atoms with Crippen molar-refractivity contribution >= 4 is 34.0 Å². The molecule has 1 aliphatic heterocycles. The molecule has 0 bridgehead atoms. The van der Waals surface area contributed by atoms with E-state index in [0.29, 0.717) is 31.4 Å². The standard InChI is InChI=1S/C19H19N3O5S/c1-12-14-7-10-28-17(14)6-9-20(12)18(23)3-2-8-21-15-5-4-13(22(25)26)11-16(15)27-19(21)24/h4-5,7,10-12H,2-3,6,8-9H2,1H3/t12-/m1/s1. The number of nitrogens with zero attached hydrogens (tertiary/aromatic N) is 3. The van der Waals surface area contributed by atoms with Crippen LogP contribution in [0.3, 0.4) is 0 Å². The molecule has 0 saturated heterocycles. The molecule has 1 aromatic carbocycles.